The van der Waals surface area contributed by atoms with Crippen molar-refractivity contribution in [3.8, 4) is 5.75 Å². The lowest BCUT2D eigenvalue weighted by molar-refractivity contribution is -0.154. The summed E-state index contributed by atoms with van der Waals surface area (Å²) in [5.74, 6) is 0.629. The highest BCUT2D eigenvalue weighted by molar-refractivity contribution is 9.10. The van der Waals surface area contributed by atoms with Crippen molar-refractivity contribution in [3.63, 3.8) is 0 Å². The number of hydrogen-bond donors (Lipinski definition) is 1. The lowest BCUT2D eigenvalue weighted by atomic mass is 9.76. The Morgan fingerprint density at radius 1 is 1.02 bits per heavy atom. The summed E-state index contributed by atoms with van der Waals surface area (Å²) < 4.78 is 34.9. The van der Waals surface area contributed by atoms with Crippen molar-refractivity contribution in [2.45, 2.75) is 90.6 Å². The number of aliphatic hydroxyl groups is 1. The fourth-order valence-corrected chi connectivity index (χ4v) is 5.32. The van der Waals surface area contributed by atoms with E-state index in [1.807, 2.05) is 69.3 Å². The minimum atomic E-state index is -0.791. The number of ether oxygens (including phenoxy) is 6. The average molecular weight is 694 g/mol. The van der Waals surface area contributed by atoms with E-state index in [4.69, 9.17) is 28.4 Å². The van der Waals surface area contributed by atoms with Crippen molar-refractivity contribution in [1.82, 2.24) is 0 Å². The Bertz CT molecular complexity index is 1150. The quantitative estimate of drug-likeness (QED) is 0.0591. The van der Waals surface area contributed by atoms with Gasteiger partial charge in [0.25, 0.3) is 0 Å². The van der Waals surface area contributed by atoms with Gasteiger partial charge in [-0.15, -0.1) is 0 Å². The first-order valence-corrected chi connectivity index (χ1v) is 16.5. The van der Waals surface area contributed by atoms with Gasteiger partial charge in [0, 0.05) is 42.2 Å². The minimum absolute atomic E-state index is 0.147. The first kappa shape index (κ1) is 38.9. The van der Waals surface area contributed by atoms with E-state index in [-0.39, 0.29) is 37.6 Å². The first-order valence-electron chi connectivity index (χ1n) is 15.7. The predicted molar refractivity (Wildman–Crippen MR) is 180 cm³/mol. The van der Waals surface area contributed by atoms with E-state index in [0.29, 0.717) is 32.8 Å². The molecule has 252 valence electrons. The molecule has 2 aromatic rings. The third-order valence-corrected chi connectivity index (χ3v) is 8.47. The van der Waals surface area contributed by atoms with Crippen LogP contribution in [0.1, 0.15) is 71.4 Å². The van der Waals surface area contributed by atoms with E-state index >= 15 is 0 Å². The third kappa shape index (κ3) is 13.9. The lowest BCUT2D eigenvalue weighted by Gasteiger charge is -2.36. The molecule has 4 atom stereocenters. The van der Waals surface area contributed by atoms with Crippen LogP contribution in [-0.4, -0.2) is 70.2 Å². The molecule has 0 heterocycles. The number of aliphatic hydroxyl groups excluding tert-OH is 1. The molecule has 0 aliphatic heterocycles. The molecule has 45 heavy (non-hydrogen) atoms. The molecule has 0 amide bonds. The van der Waals surface area contributed by atoms with Gasteiger partial charge < -0.3 is 33.5 Å². The first-order chi connectivity index (χ1) is 21.5. The molecule has 0 bridgehead atoms. The van der Waals surface area contributed by atoms with E-state index < -0.39 is 17.6 Å². The van der Waals surface area contributed by atoms with Crippen LogP contribution in [0.15, 0.2) is 64.7 Å². The maximum Gasteiger partial charge on any atom is 0.305 e. The second-order valence-corrected chi connectivity index (χ2v) is 12.7. The molecule has 1 N–H and O–H groups in total. The van der Waals surface area contributed by atoms with Gasteiger partial charge in [0.05, 0.1) is 45.7 Å². The standard InChI is InChI=1S/C36H53BrO8/c1-8-27(23-43-25-42-18-17-40-6)19-26(3)33(44-24-28-13-15-32(41-7)16-14-28)21-31(38)22-34(45-35(39)9-2)36(4,5)29-11-10-12-30(37)20-29/h10-16,19-20,27,31,33-34,38H,8-9,17-18,21-25H2,1-7H3/b26-19-. The maximum atomic E-state index is 12.5. The Balaban J connectivity index is 2.24. The Morgan fingerprint density at radius 3 is 2.38 bits per heavy atom. The van der Waals surface area contributed by atoms with Gasteiger partial charge in [-0.1, -0.05) is 74.0 Å². The van der Waals surface area contributed by atoms with Crippen molar-refractivity contribution in [1.29, 1.82) is 0 Å². The highest BCUT2D eigenvalue weighted by Gasteiger charge is 2.36. The normalized spacial score (nSPS) is 14.9. The van der Waals surface area contributed by atoms with Gasteiger partial charge in [-0.2, -0.15) is 0 Å². The van der Waals surface area contributed by atoms with Crippen LogP contribution in [0.5, 0.6) is 5.75 Å². The average Bonchev–Trinajstić information content (AvgIpc) is 3.03. The van der Waals surface area contributed by atoms with Crippen molar-refractivity contribution < 1.29 is 38.3 Å². The summed E-state index contributed by atoms with van der Waals surface area (Å²) in [5.41, 5.74) is 2.47. The van der Waals surface area contributed by atoms with E-state index in [0.717, 1.165) is 33.3 Å². The highest BCUT2D eigenvalue weighted by atomic mass is 79.9. The molecule has 8 nitrogen and oxygen atoms in total. The lowest BCUT2D eigenvalue weighted by Crippen LogP contribution is -2.40. The van der Waals surface area contributed by atoms with Gasteiger partial charge in [-0.3, -0.25) is 4.79 Å². The smallest absolute Gasteiger partial charge is 0.305 e. The molecule has 0 radical (unpaired) electrons. The minimum Gasteiger partial charge on any atom is -0.497 e. The topological polar surface area (TPSA) is 92.7 Å². The maximum absolute atomic E-state index is 12.5. The molecule has 0 saturated carbocycles. The molecule has 4 unspecified atom stereocenters. The van der Waals surface area contributed by atoms with Crippen molar-refractivity contribution in [3.05, 3.63) is 75.8 Å². The Kier molecular flexibility index (Phi) is 18.0. The van der Waals surface area contributed by atoms with Crippen LogP contribution in [0.25, 0.3) is 0 Å². The van der Waals surface area contributed by atoms with Crippen molar-refractivity contribution >= 4 is 21.9 Å². The van der Waals surface area contributed by atoms with E-state index in [9.17, 15) is 9.90 Å². The molecule has 2 aromatic carbocycles. The summed E-state index contributed by atoms with van der Waals surface area (Å²) >= 11 is 3.56. The molecular weight excluding hydrogens is 640 g/mol. The van der Waals surface area contributed by atoms with Crippen LogP contribution in [0, 0.1) is 5.92 Å². The van der Waals surface area contributed by atoms with Gasteiger partial charge >= 0.3 is 5.97 Å². The zero-order chi connectivity index (χ0) is 33.2. The molecule has 0 fully saturated rings. The van der Waals surface area contributed by atoms with Crippen LogP contribution < -0.4 is 4.74 Å². The van der Waals surface area contributed by atoms with Gasteiger partial charge in [-0.05, 0) is 54.3 Å². The molecule has 0 saturated heterocycles. The van der Waals surface area contributed by atoms with Gasteiger partial charge in [0.2, 0.25) is 0 Å². The van der Waals surface area contributed by atoms with E-state index in [2.05, 4.69) is 28.9 Å². The number of esters is 1. The van der Waals surface area contributed by atoms with Crippen LogP contribution in [0.2, 0.25) is 0 Å². The molecule has 0 aliphatic carbocycles. The number of rotatable bonds is 22. The number of carbonyl (C=O) groups is 1. The molecule has 9 heteroatoms. The monoisotopic (exact) mass is 692 g/mol. The van der Waals surface area contributed by atoms with Gasteiger partial charge in [0.15, 0.2) is 0 Å². The summed E-state index contributed by atoms with van der Waals surface area (Å²) in [6.45, 7) is 12.1. The summed E-state index contributed by atoms with van der Waals surface area (Å²) in [7, 11) is 3.27. The zero-order valence-electron chi connectivity index (χ0n) is 28.1. The summed E-state index contributed by atoms with van der Waals surface area (Å²) in [4.78, 5) is 12.5. The zero-order valence-corrected chi connectivity index (χ0v) is 29.6. The van der Waals surface area contributed by atoms with E-state index in [1.165, 1.54) is 0 Å². The summed E-state index contributed by atoms with van der Waals surface area (Å²) in [6.07, 6.45) is 2.20. The summed E-state index contributed by atoms with van der Waals surface area (Å²) in [6, 6.07) is 15.7. The second kappa shape index (κ2) is 20.8. The number of halogens is 1. The molecule has 0 spiro atoms. The van der Waals surface area contributed by atoms with E-state index in [1.54, 1.807) is 21.1 Å². The SMILES string of the molecule is CCC(=O)OC(CC(O)CC(OCc1ccc(OC)cc1)/C(C)=C\C(CC)COCOCCOC)C(C)(C)c1cccc(Br)c1. The number of hydrogen-bond acceptors (Lipinski definition) is 8. The Hall–Kier alpha value is -2.27. The predicted octanol–water partition coefficient (Wildman–Crippen LogP) is 7.39. The Labute approximate surface area is 278 Å². The number of benzene rings is 2. The molecule has 2 rings (SSSR count). The second-order valence-electron chi connectivity index (χ2n) is 11.8. The number of methoxy groups -OCH3 is 2. The van der Waals surface area contributed by atoms with Gasteiger partial charge in [-0.25, -0.2) is 0 Å². The fraction of sp³-hybridized carbons (Fsp3) is 0.583. The summed E-state index contributed by atoms with van der Waals surface area (Å²) in [5, 5.41) is 11.5. The van der Waals surface area contributed by atoms with Gasteiger partial charge in [0.1, 0.15) is 18.6 Å². The van der Waals surface area contributed by atoms with Crippen LogP contribution >= 0.6 is 15.9 Å². The van der Waals surface area contributed by atoms with Crippen LogP contribution in [0.3, 0.4) is 0 Å². The molecular formula is C36H53BrO8. The molecule has 0 aromatic heterocycles. The van der Waals surface area contributed by atoms with Crippen LogP contribution in [-0.2, 0) is 40.5 Å². The fourth-order valence-electron chi connectivity index (χ4n) is 4.92. The van der Waals surface area contributed by atoms with Crippen molar-refractivity contribution in [2.24, 2.45) is 5.92 Å². The number of carbonyl (C=O) groups excluding carboxylic acids is 1. The van der Waals surface area contributed by atoms with Crippen molar-refractivity contribution in [2.75, 3.05) is 40.8 Å². The Morgan fingerprint density at radius 2 is 1.76 bits per heavy atom. The van der Waals surface area contributed by atoms with Crippen LogP contribution in [0.4, 0.5) is 0 Å². The third-order valence-electron chi connectivity index (χ3n) is 7.98. The largest absolute Gasteiger partial charge is 0.497 e. The highest BCUT2D eigenvalue weighted by Crippen LogP contribution is 2.34. The molecule has 0 aliphatic rings.